The van der Waals surface area contributed by atoms with Gasteiger partial charge in [0.2, 0.25) is 5.95 Å². The minimum atomic E-state index is -0.166. The van der Waals surface area contributed by atoms with Crippen LogP contribution >= 0.6 is 24.8 Å². The monoisotopic (exact) mass is 564 g/mol. The number of piperazine rings is 1. The Hall–Kier alpha value is -3.28. The first-order valence-corrected chi connectivity index (χ1v) is 11.8. The second-order valence-corrected chi connectivity index (χ2v) is 8.51. The fourth-order valence-electron chi connectivity index (χ4n) is 4.56. The van der Waals surface area contributed by atoms with E-state index >= 15 is 0 Å². The number of halogens is 2. The molecule has 0 spiro atoms. The average Bonchev–Trinajstić information content (AvgIpc) is 2.90. The summed E-state index contributed by atoms with van der Waals surface area (Å²) in [5.74, 6) is 0.789. The van der Waals surface area contributed by atoms with E-state index in [9.17, 15) is 9.59 Å². The molecule has 0 radical (unpaired) electrons. The Morgan fingerprint density at radius 3 is 1.84 bits per heavy atom. The largest absolute Gasteiger partial charge is 0.412 e. The molecule has 206 valence electrons. The van der Waals surface area contributed by atoms with Crippen LogP contribution in [0, 0.1) is 0 Å². The van der Waals surface area contributed by atoms with Crippen molar-refractivity contribution in [3.63, 3.8) is 0 Å². The Labute approximate surface area is 233 Å². The second-order valence-electron chi connectivity index (χ2n) is 8.51. The summed E-state index contributed by atoms with van der Waals surface area (Å²) in [6, 6.07) is 18.3. The molecule has 2 aromatic carbocycles. The van der Waals surface area contributed by atoms with Gasteiger partial charge in [0.05, 0.1) is 16.5 Å². The fourth-order valence-corrected chi connectivity index (χ4v) is 4.56. The van der Waals surface area contributed by atoms with E-state index in [1.807, 2.05) is 36.4 Å². The van der Waals surface area contributed by atoms with E-state index in [1.54, 1.807) is 41.3 Å². The number of fused-ring (bicyclic) bond motifs is 1. The van der Waals surface area contributed by atoms with E-state index in [0.717, 1.165) is 51.5 Å². The lowest BCUT2D eigenvalue weighted by Crippen LogP contribution is -2.47. The summed E-state index contributed by atoms with van der Waals surface area (Å²) in [6.45, 7) is 5.18. The highest BCUT2D eigenvalue weighted by Gasteiger charge is 2.19. The summed E-state index contributed by atoms with van der Waals surface area (Å²) < 4.78 is 3.13. The van der Waals surface area contributed by atoms with Gasteiger partial charge in [-0.1, -0.05) is 30.3 Å². The van der Waals surface area contributed by atoms with E-state index < -0.39 is 0 Å². The molecule has 0 amide bonds. The Kier molecular flexibility index (Phi) is 13.1. The number of para-hydroxylation sites is 1. The summed E-state index contributed by atoms with van der Waals surface area (Å²) in [5.41, 5.74) is 0.408. The SMILES string of the molecule is Cl.Cl.O.O.O=c1c2ccccc2c(=O)n(-c2ccccc2)n1CCCCN1CCN(c2ncccn2)CC1. The molecule has 12 heteroatoms. The molecule has 0 saturated carbocycles. The van der Waals surface area contributed by atoms with Crippen LogP contribution < -0.4 is 16.0 Å². The third-order valence-corrected chi connectivity index (χ3v) is 6.36. The molecular weight excluding hydrogens is 531 g/mol. The van der Waals surface area contributed by atoms with E-state index in [1.165, 1.54) is 4.68 Å². The van der Waals surface area contributed by atoms with E-state index in [-0.39, 0.29) is 46.9 Å². The maximum Gasteiger partial charge on any atom is 0.278 e. The van der Waals surface area contributed by atoms with Gasteiger partial charge in [-0.25, -0.2) is 19.3 Å². The van der Waals surface area contributed by atoms with Gasteiger partial charge in [0.25, 0.3) is 11.1 Å². The number of rotatable bonds is 7. The lowest BCUT2D eigenvalue weighted by molar-refractivity contribution is 0.249. The van der Waals surface area contributed by atoms with Crippen LogP contribution in [0.4, 0.5) is 5.95 Å². The van der Waals surface area contributed by atoms with Gasteiger partial charge in [0, 0.05) is 45.1 Å². The second kappa shape index (κ2) is 15.2. The van der Waals surface area contributed by atoms with Gasteiger partial charge in [-0.15, -0.1) is 24.8 Å². The third-order valence-electron chi connectivity index (χ3n) is 6.36. The molecule has 10 nitrogen and oxygen atoms in total. The highest BCUT2D eigenvalue weighted by atomic mass is 35.5. The number of hydrogen-bond acceptors (Lipinski definition) is 6. The van der Waals surface area contributed by atoms with Crippen molar-refractivity contribution in [1.82, 2.24) is 24.2 Å². The number of unbranched alkanes of at least 4 members (excludes halogenated alkanes) is 1. The summed E-state index contributed by atoms with van der Waals surface area (Å²) in [7, 11) is 0. The van der Waals surface area contributed by atoms with Crippen molar-refractivity contribution in [2.24, 2.45) is 0 Å². The molecule has 1 aliphatic rings. The van der Waals surface area contributed by atoms with Gasteiger partial charge in [0.15, 0.2) is 0 Å². The van der Waals surface area contributed by atoms with Gasteiger partial charge >= 0.3 is 0 Å². The smallest absolute Gasteiger partial charge is 0.278 e. The van der Waals surface area contributed by atoms with E-state index in [2.05, 4.69) is 19.8 Å². The normalized spacial score (nSPS) is 13.0. The van der Waals surface area contributed by atoms with Crippen LogP contribution in [0.25, 0.3) is 16.5 Å². The molecule has 1 aliphatic heterocycles. The molecule has 0 unspecified atom stereocenters. The molecule has 1 saturated heterocycles. The van der Waals surface area contributed by atoms with Crippen molar-refractivity contribution >= 4 is 41.5 Å². The standard InChI is InChI=1S/C26H28N6O2.2ClH.2H2O/c33-24-22-11-4-5-12-23(22)25(34)32(21-9-2-1-3-10-21)31(24)16-7-6-15-29-17-19-30(20-18-29)26-27-13-8-14-28-26;;;;/h1-5,8-14H,6-7,15-20H2;2*1H;2*1H2. The minimum absolute atomic E-state index is 0. The van der Waals surface area contributed by atoms with Crippen LogP contribution in [-0.4, -0.2) is 67.9 Å². The number of aromatic nitrogens is 4. The van der Waals surface area contributed by atoms with Crippen molar-refractivity contribution in [1.29, 1.82) is 0 Å². The van der Waals surface area contributed by atoms with Crippen molar-refractivity contribution in [3.8, 4) is 5.69 Å². The lowest BCUT2D eigenvalue weighted by Gasteiger charge is -2.34. The number of nitrogens with zero attached hydrogens (tertiary/aromatic N) is 6. The van der Waals surface area contributed by atoms with Crippen LogP contribution in [-0.2, 0) is 6.54 Å². The highest BCUT2D eigenvalue weighted by Crippen LogP contribution is 2.12. The number of anilines is 1. The van der Waals surface area contributed by atoms with Gasteiger partial charge in [-0.2, -0.15) is 0 Å². The topological polar surface area (TPSA) is 139 Å². The first kappa shape index (κ1) is 32.7. The molecule has 5 rings (SSSR count). The van der Waals surface area contributed by atoms with E-state index in [4.69, 9.17) is 0 Å². The zero-order valence-corrected chi connectivity index (χ0v) is 22.5. The predicted molar refractivity (Wildman–Crippen MR) is 155 cm³/mol. The van der Waals surface area contributed by atoms with Crippen LogP contribution in [0.5, 0.6) is 0 Å². The predicted octanol–water partition coefficient (Wildman–Crippen LogP) is 1.74. The van der Waals surface area contributed by atoms with Gasteiger partial charge in [0.1, 0.15) is 0 Å². The van der Waals surface area contributed by atoms with Crippen LogP contribution in [0.15, 0.2) is 82.6 Å². The van der Waals surface area contributed by atoms with Gasteiger partial charge in [-0.05, 0) is 49.7 Å². The average molecular weight is 566 g/mol. The number of benzene rings is 2. The third kappa shape index (κ3) is 6.97. The quantitative estimate of drug-likeness (QED) is 0.313. The molecule has 2 aromatic heterocycles. The Balaban J connectivity index is 0.00000180. The molecule has 0 atom stereocenters. The molecule has 0 bridgehead atoms. The zero-order chi connectivity index (χ0) is 23.3. The van der Waals surface area contributed by atoms with E-state index in [0.29, 0.717) is 23.0 Å². The van der Waals surface area contributed by atoms with Crippen LogP contribution in [0.1, 0.15) is 12.8 Å². The van der Waals surface area contributed by atoms with Crippen molar-refractivity contribution in [3.05, 3.63) is 93.8 Å². The van der Waals surface area contributed by atoms with Crippen molar-refractivity contribution < 1.29 is 11.0 Å². The molecule has 4 aromatic rings. The van der Waals surface area contributed by atoms with Gasteiger partial charge in [-0.3, -0.25) is 14.5 Å². The van der Waals surface area contributed by atoms with Gasteiger partial charge < -0.3 is 15.9 Å². The Morgan fingerprint density at radius 1 is 0.658 bits per heavy atom. The summed E-state index contributed by atoms with van der Waals surface area (Å²) in [6.07, 6.45) is 5.31. The first-order chi connectivity index (χ1) is 16.7. The molecule has 4 N–H and O–H groups in total. The zero-order valence-electron chi connectivity index (χ0n) is 20.9. The maximum atomic E-state index is 13.3. The summed E-state index contributed by atoms with van der Waals surface area (Å²) in [4.78, 5) is 40.0. The highest BCUT2D eigenvalue weighted by molar-refractivity contribution is 5.85. The summed E-state index contributed by atoms with van der Waals surface area (Å²) >= 11 is 0. The van der Waals surface area contributed by atoms with Crippen molar-refractivity contribution in [2.45, 2.75) is 19.4 Å². The number of hydrogen-bond donors (Lipinski definition) is 0. The molecular formula is C26H34Cl2N6O4. The molecule has 38 heavy (non-hydrogen) atoms. The minimum Gasteiger partial charge on any atom is -0.412 e. The molecule has 1 fully saturated rings. The first-order valence-electron chi connectivity index (χ1n) is 11.8. The Bertz CT molecular complexity index is 1380. The Morgan fingerprint density at radius 2 is 1.21 bits per heavy atom. The van der Waals surface area contributed by atoms with Crippen LogP contribution in [0.2, 0.25) is 0 Å². The molecule has 3 heterocycles. The lowest BCUT2D eigenvalue weighted by atomic mass is 10.2. The maximum absolute atomic E-state index is 13.3. The molecule has 0 aliphatic carbocycles. The fraction of sp³-hybridized carbons (Fsp3) is 0.308. The van der Waals surface area contributed by atoms with Crippen LogP contribution in [0.3, 0.4) is 0 Å². The van der Waals surface area contributed by atoms with Crippen molar-refractivity contribution in [2.75, 3.05) is 37.6 Å². The summed E-state index contributed by atoms with van der Waals surface area (Å²) in [5, 5.41) is 0.923.